The summed E-state index contributed by atoms with van der Waals surface area (Å²) in [6.45, 7) is 1.83. The van der Waals surface area contributed by atoms with E-state index in [1.54, 1.807) is 6.07 Å². The first-order valence-corrected chi connectivity index (χ1v) is 4.97. The molecule has 0 aromatic heterocycles. The van der Waals surface area contributed by atoms with Gasteiger partial charge in [-0.25, -0.2) is 0 Å². The van der Waals surface area contributed by atoms with Crippen molar-refractivity contribution >= 4 is 45.7 Å². The highest BCUT2D eigenvalue weighted by Gasteiger charge is 2.10. The first-order chi connectivity index (χ1) is 6.06. The second-order valence-corrected chi connectivity index (χ2v) is 4.01. The lowest BCUT2D eigenvalue weighted by Gasteiger charge is -2.03. The van der Waals surface area contributed by atoms with Gasteiger partial charge in [-0.3, -0.25) is 9.59 Å². The summed E-state index contributed by atoms with van der Waals surface area (Å²) in [6.07, 6.45) is 0.701. The third kappa shape index (κ3) is 2.28. The maximum absolute atomic E-state index is 10.9. The minimum absolute atomic E-state index is 0.393. The average molecular weight is 309 g/mol. The van der Waals surface area contributed by atoms with Crippen LogP contribution in [0.1, 0.15) is 26.3 Å². The van der Waals surface area contributed by atoms with Gasteiger partial charge in [0.15, 0.2) is 0 Å². The van der Waals surface area contributed by atoms with Gasteiger partial charge >= 0.3 is 0 Å². The van der Waals surface area contributed by atoms with E-state index in [0.717, 1.165) is 9.13 Å². The third-order valence-electron chi connectivity index (χ3n) is 1.62. The molecule has 0 fully saturated rings. The summed E-state index contributed by atoms with van der Waals surface area (Å²) in [6, 6.07) is 3.22. The normalized spacial score (nSPS) is 9.77. The summed E-state index contributed by atoms with van der Waals surface area (Å²) in [4.78, 5) is 21.4. The first kappa shape index (κ1) is 10.7. The highest BCUT2D eigenvalue weighted by Crippen LogP contribution is 2.20. The lowest BCUT2D eigenvalue weighted by Crippen LogP contribution is -1.98. The molecule has 1 aromatic rings. The van der Waals surface area contributed by atoms with Crippen molar-refractivity contribution in [1.29, 1.82) is 0 Å². The molecule has 0 amide bonds. The predicted octanol–water partition coefficient (Wildman–Crippen LogP) is 2.79. The highest BCUT2D eigenvalue weighted by atomic mass is 127. The third-order valence-corrected chi connectivity index (χ3v) is 3.26. The zero-order valence-electron chi connectivity index (χ0n) is 6.80. The maximum atomic E-state index is 10.9. The molecule has 1 rings (SSSR count). The molecule has 68 valence electrons. The van der Waals surface area contributed by atoms with E-state index in [1.165, 1.54) is 6.07 Å². The molecule has 0 aliphatic carbocycles. The second kappa shape index (κ2) is 4.19. The van der Waals surface area contributed by atoms with Crippen LogP contribution >= 0.6 is 34.2 Å². The van der Waals surface area contributed by atoms with Crippen molar-refractivity contribution in [1.82, 2.24) is 0 Å². The van der Waals surface area contributed by atoms with Crippen molar-refractivity contribution < 1.29 is 9.59 Å². The molecule has 0 saturated carbocycles. The van der Waals surface area contributed by atoms with Gasteiger partial charge < -0.3 is 0 Å². The van der Waals surface area contributed by atoms with Gasteiger partial charge in [0.25, 0.3) is 5.24 Å². The molecule has 0 bridgehead atoms. The number of aldehydes is 1. The Bertz CT molecular complexity index is 374. The van der Waals surface area contributed by atoms with Crippen LogP contribution in [-0.2, 0) is 0 Å². The van der Waals surface area contributed by atoms with Crippen LogP contribution in [0.3, 0.4) is 0 Å². The van der Waals surface area contributed by atoms with Crippen LogP contribution in [0.25, 0.3) is 0 Å². The van der Waals surface area contributed by atoms with Crippen LogP contribution in [0, 0.1) is 10.5 Å². The summed E-state index contributed by atoms with van der Waals surface area (Å²) in [7, 11) is 0. The number of carbonyl (C=O) groups is 2. The van der Waals surface area contributed by atoms with Crippen LogP contribution in [-0.4, -0.2) is 11.5 Å². The van der Waals surface area contributed by atoms with Crippen LogP contribution in [0.5, 0.6) is 0 Å². The number of hydrogen-bond acceptors (Lipinski definition) is 2. The Morgan fingerprint density at radius 1 is 1.54 bits per heavy atom. The van der Waals surface area contributed by atoms with E-state index in [9.17, 15) is 9.59 Å². The smallest absolute Gasteiger partial charge is 0.253 e. The van der Waals surface area contributed by atoms with Crippen LogP contribution in [0.2, 0.25) is 0 Å². The van der Waals surface area contributed by atoms with Gasteiger partial charge in [-0.2, -0.15) is 0 Å². The first-order valence-electron chi connectivity index (χ1n) is 3.51. The quantitative estimate of drug-likeness (QED) is 0.478. The molecule has 0 atom stereocenters. The van der Waals surface area contributed by atoms with E-state index in [2.05, 4.69) is 0 Å². The van der Waals surface area contributed by atoms with E-state index < -0.39 is 5.24 Å². The standard InChI is InChI=1S/C9H6ClIO2/c1-5-2-6(4-12)3-7(8(5)11)9(10)13/h2-4H,1H3. The summed E-state index contributed by atoms with van der Waals surface area (Å²) >= 11 is 7.38. The number of aryl methyl sites for hydroxylation is 1. The Morgan fingerprint density at radius 3 is 2.62 bits per heavy atom. The van der Waals surface area contributed by atoms with Crippen LogP contribution < -0.4 is 0 Å². The Kier molecular flexibility index (Phi) is 3.44. The van der Waals surface area contributed by atoms with Gasteiger partial charge in [0, 0.05) is 14.7 Å². The fraction of sp³-hybridized carbons (Fsp3) is 0.111. The van der Waals surface area contributed by atoms with E-state index in [-0.39, 0.29) is 0 Å². The molecule has 0 heterocycles. The highest BCUT2D eigenvalue weighted by molar-refractivity contribution is 14.1. The molecule has 0 unspecified atom stereocenters. The topological polar surface area (TPSA) is 34.1 Å². The molecule has 0 saturated heterocycles. The molecule has 2 nitrogen and oxygen atoms in total. The van der Waals surface area contributed by atoms with Crippen molar-refractivity contribution in [2.75, 3.05) is 0 Å². The van der Waals surface area contributed by atoms with Crippen LogP contribution in [0.4, 0.5) is 0 Å². The molecule has 0 radical (unpaired) electrons. The molecule has 0 N–H and O–H groups in total. The molecule has 0 aliphatic heterocycles. The largest absolute Gasteiger partial charge is 0.298 e. The summed E-state index contributed by atoms with van der Waals surface area (Å²) in [5.74, 6) is 0. The van der Waals surface area contributed by atoms with E-state index >= 15 is 0 Å². The molecule has 0 spiro atoms. The number of benzene rings is 1. The molecular formula is C9H6ClIO2. The zero-order valence-corrected chi connectivity index (χ0v) is 9.72. The molecule has 1 aromatic carbocycles. The Balaban J connectivity index is 3.41. The van der Waals surface area contributed by atoms with Gasteiger partial charge in [0.2, 0.25) is 0 Å². The summed E-state index contributed by atoms with van der Waals surface area (Å²) in [5.41, 5.74) is 1.75. The minimum atomic E-state index is -0.531. The number of hydrogen-bond donors (Lipinski definition) is 0. The van der Waals surface area contributed by atoms with Crippen molar-refractivity contribution in [2.45, 2.75) is 6.92 Å². The number of halogens is 2. The van der Waals surface area contributed by atoms with Crippen molar-refractivity contribution in [3.05, 3.63) is 32.4 Å². The van der Waals surface area contributed by atoms with Gasteiger partial charge in [-0.1, -0.05) is 0 Å². The summed E-state index contributed by atoms with van der Waals surface area (Å²) in [5, 5.41) is -0.531. The fourth-order valence-corrected chi connectivity index (χ4v) is 1.87. The fourth-order valence-electron chi connectivity index (χ4n) is 1.01. The monoisotopic (exact) mass is 308 g/mol. The number of carbonyl (C=O) groups excluding carboxylic acids is 2. The van der Waals surface area contributed by atoms with Crippen molar-refractivity contribution in [2.24, 2.45) is 0 Å². The maximum Gasteiger partial charge on any atom is 0.253 e. The lowest BCUT2D eigenvalue weighted by atomic mass is 10.1. The van der Waals surface area contributed by atoms with Crippen molar-refractivity contribution in [3.8, 4) is 0 Å². The van der Waals surface area contributed by atoms with Gasteiger partial charge in [-0.05, 0) is 58.8 Å². The average Bonchev–Trinajstić information content (AvgIpc) is 2.09. The van der Waals surface area contributed by atoms with Gasteiger partial charge in [0.05, 0.1) is 0 Å². The van der Waals surface area contributed by atoms with Crippen LogP contribution in [0.15, 0.2) is 12.1 Å². The summed E-state index contributed by atoms with van der Waals surface area (Å²) < 4.78 is 0.795. The second-order valence-electron chi connectivity index (χ2n) is 2.59. The van der Waals surface area contributed by atoms with Gasteiger partial charge in [-0.15, -0.1) is 0 Å². The zero-order chi connectivity index (χ0) is 10.0. The molecule has 0 aliphatic rings. The van der Waals surface area contributed by atoms with Crippen molar-refractivity contribution in [3.63, 3.8) is 0 Å². The van der Waals surface area contributed by atoms with E-state index in [1.807, 2.05) is 29.5 Å². The molecular weight excluding hydrogens is 302 g/mol. The minimum Gasteiger partial charge on any atom is -0.298 e. The Morgan fingerprint density at radius 2 is 2.15 bits per heavy atom. The lowest BCUT2D eigenvalue weighted by molar-refractivity contribution is 0.108. The van der Waals surface area contributed by atoms with Gasteiger partial charge in [0.1, 0.15) is 6.29 Å². The number of rotatable bonds is 2. The SMILES string of the molecule is Cc1cc(C=O)cc(C(=O)Cl)c1I. The Labute approximate surface area is 94.4 Å². The van der Waals surface area contributed by atoms with E-state index in [4.69, 9.17) is 11.6 Å². The Hall–Kier alpha value is -0.420. The molecule has 13 heavy (non-hydrogen) atoms. The predicted molar refractivity (Wildman–Crippen MR) is 59.5 cm³/mol. The van der Waals surface area contributed by atoms with E-state index in [0.29, 0.717) is 17.4 Å². The molecule has 4 heteroatoms.